The molecule has 0 atom stereocenters. The van der Waals surface area contributed by atoms with E-state index in [1.165, 1.54) is 16.2 Å². The fourth-order valence-corrected chi connectivity index (χ4v) is 9.53. The summed E-state index contributed by atoms with van der Waals surface area (Å²) in [7, 11) is 4.31. The smallest absolute Gasteiger partial charge is 0.263 e. The van der Waals surface area contributed by atoms with E-state index in [9.17, 15) is 19.2 Å². The van der Waals surface area contributed by atoms with Crippen molar-refractivity contribution in [2.45, 2.75) is 32.1 Å². The molecule has 4 amide bonds. The van der Waals surface area contributed by atoms with Gasteiger partial charge in [-0.3, -0.25) is 33.9 Å². The van der Waals surface area contributed by atoms with Crippen LogP contribution < -0.4 is 10.6 Å². The molecule has 0 aromatic heterocycles. The first-order chi connectivity index (χ1) is 28.3. The third-order valence-electron chi connectivity index (χ3n) is 13.2. The normalized spacial score (nSPS) is 22.1. The molecule has 0 spiro atoms. The van der Waals surface area contributed by atoms with Crippen LogP contribution >= 0.6 is 0 Å². The number of carbonyl (C=O) groups is 4. The third kappa shape index (κ3) is 8.91. The first-order valence-electron chi connectivity index (χ1n) is 22.0. The summed E-state index contributed by atoms with van der Waals surface area (Å²) in [5.41, 5.74) is 2.60. The second-order valence-corrected chi connectivity index (χ2v) is 17.2. The first kappa shape index (κ1) is 41.1. The lowest BCUT2D eigenvalue weighted by Crippen LogP contribution is -2.48. The maximum Gasteiger partial charge on any atom is 0.263 e. The molecule has 2 N–H and O–H groups in total. The Morgan fingerprint density at radius 3 is 1.34 bits per heavy atom. The van der Waals surface area contributed by atoms with Crippen molar-refractivity contribution in [3.8, 4) is 0 Å². The lowest BCUT2D eigenvalue weighted by atomic mass is 9.83. The van der Waals surface area contributed by atoms with Crippen molar-refractivity contribution in [1.82, 2.24) is 39.2 Å². The van der Waals surface area contributed by atoms with Gasteiger partial charge in [-0.25, -0.2) is 0 Å². The van der Waals surface area contributed by atoms with Gasteiger partial charge in [0, 0.05) is 127 Å². The van der Waals surface area contributed by atoms with E-state index in [-0.39, 0.29) is 36.7 Å². The van der Waals surface area contributed by atoms with Crippen LogP contribution in [0.3, 0.4) is 0 Å². The second-order valence-electron chi connectivity index (χ2n) is 17.2. The highest BCUT2D eigenvalue weighted by Crippen LogP contribution is 2.44. The topological polar surface area (TPSA) is 127 Å². The van der Waals surface area contributed by atoms with Crippen LogP contribution in [0.15, 0.2) is 12.1 Å². The number of ether oxygens (including phenoxy) is 1. The summed E-state index contributed by atoms with van der Waals surface area (Å²) in [5.74, 6) is -1.50. The molecule has 58 heavy (non-hydrogen) atoms. The maximum absolute atomic E-state index is 14.7. The number of likely N-dealkylation sites (tertiary alicyclic amines) is 1. The van der Waals surface area contributed by atoms with Gasteiger partial charge < -0.3 is 39.9 Å². The quantitative estimate of drug-likeness (QED) is 0.190. The predicted molar refractivity (Wildman–Crippen MR) is 226 cm³/mol. The molecule has 2 aromatic carbocycles. The molecular formula is C43H64N10O5. The Morgan fingerprint density at radius 1 is 0.483 bits per heavy atom. The van der Waals surface area contributed by atoms with Gasteiger partial charge in [-0.1, -0.05) is 6.42 Å². The van der Waals surface area contributed by atoms with Crippen molar-refractivity contribution in [1.29, 1.82) is 0 Å². The molecule has 8 rings (SSSR count). The highest BCUT2D eigenvalue weighted by molar-refractivity contribution is 6.36. The van der Waals surface area contributed by atoms with Gasteiger partial charge >= 0.3 is 0 Å². The zero-order valence-electron chi connectivity index (χ0n) is 34.9. The van der Waals surface area contributed by atoms with Crippen LogP contribution in [0.25, 0.3) is 10.8 Å². The van der Waals surface area contributed by atoms with Gasteiger partial charge in [0.15, 0.2) is 0 Å². The molecule has 2 aromatic rings. The molecule has 0 radical (unpaired) electrons. The minimum Gasteiger partial charge on any atom is -0.384 e. The van der Waals surface area contributed by atoms with Gasteiger partial charge in [0.05, 0.1) is 35.5 Å². The number of nitrogens with one attached hydrogen (secondary N) is 2. The molecule has 0 bridgehead atoms. The lowest BCUT2D eigenvalue weighted by Gasteiger charge is -2.36. The van der Waals surface area contributed by atoms with E-state index >= 15 is 0 Å². The number of carbonyl (C=O) groups excluding carboxylic acids is 4. The van der Waals surface area contributed by atoms with Crippen LogP contribution in [0.5, 0.6) is 0 Å². The van der Waals surface area contributed by atoms with Gasteiger partial charge in [-0.2, -0.15) is 0 Å². The molecule has 15 heteroatoms. The van der Waals surface area contributed by atoms with Crippen molar-refractivity contribution < 1.29 is 23.9 Å². The van der Waals surface area contributed by atoms with Crippen molar-refractivity contribution in [2.24, 2.45) is 0 Å². The third-order valence-corrected chi connectivity index (χ3v) is 13.2. The van der Waals surface area contributed by atoms with Gasteiger partial charge in [-0.15, -0.1) is 0 Å². The number of anilines is 2. The van der Waals surface area contributed by atoms with E-state index < -0.39 is 0 Å². The SMILES string of the molecule is CN1CCN(CCCNc2cc3c4c(c(NCCCN5CCN(C)CC5)cc5c4c2C(=O)N(CCN2CCCCC2)C5=O)C(=O)N(CCN2CCOCC2)C3=O)CC1. The Bertz CT molecular complexity index is 1700. The Balaban J connectivity index is 1.14. The van der Waals surface area contributed by atoms with Gasteiger partial charge in [-0.05, 0) is 78.1 Å². The standard InChI is InChI=1S/C43H64N10O5/c1-46-14-18-49(19-15-46)12-6-8-44-34-31-33-37-36-32(40(54)52(42(56)38(34)36)24-22-48-10-4-3-5-11-48)30-35(45-9-7-13-50-20-16-47(2)17-21-50)39(37)43(57)53(41(33)55)25-23-51-26-28-58-29-27-51/h30-31,44-45H,3-29H2,1-2H3. The van der Waals surface area contributed by atoms with Crippen molar-refractivity contribution in [2.75, 3.05) is 169 Å². The molecule has 316 valence electrons. The number of piperazine rings is 2. The molecule has 6 aliphatic heterocycles. The molecule has 0 unspecified atom stereocenters. The number of amides is 4. The van der Waals surface area contributed by atoms with E-state index in [1.807, 2.05) is 0 Å². The van der Waals surface area contributed by atoms with Crippen LogP contribution in [-0.4, -0.2) is 221 Å². The molecule has 4 fully saturated rings. The summed E-state index contributed by atoms with van der Waals surface area (Å²) in [6.07, 6.45) is 5.15. The minimum absolute atomic E-state index is 0.237. The number of morpholine rings is 1. The highest BCUT2D eigenvalue weighted by Gasteiger charge is 2.43. The predicted octanol–water partition coefficient (Wildman–Crippen LogP) is 1.95. The molecule has 15 nitrogen and oxygen atoms in total. The van der Waals surface area contributed by atoms with Crippen molar-refractivity contribution in [3.63, 3.8) is 0 Å². The number of imide groups is 2. The largest absolute Gasteiger partial charge is 0.384 e. The van der Waals surface area contributed by atoms with Crippen LogP contribution in [0.2, 0.25) is 0 Å². The number of hydrogen-bond donors (Lipinski definition) is 2. The van der Waals surface area contributed by atoms with Crippen LogP contribution in [0, 0.1) is 0 Å². The zero-order chi connectivity index (χ0) is 40.2. The summed E-state index contributed by atoms with van der Waals surface area (Å²) in [6.45, 7) is 17.7. The van der Waals surface area contributed by atoms with E-state index in [4.69, 9.17) is 4.74 Å². The van der Waals surface area contributed by atoms with E-state index in [0.29, 0.717) is 83.8 Å². The van der Waals surface area contributed by atoms with Crippen LogP contribution in [0.4, 0.5) is 11.4 Å². The second kappa shape index (κ2) is 18.7. The van der Waals surface area contributed by atoms with Crippen LogP contribution in [-0.2, 0) is 4.74 Å². The number of likely N-dealkylation sites (N-methyl/N-ethyl adjacent to an activating group) is 2. The van der Waals surface area contributed by atoms with Gasteiger partial charge in [0.2, 0.25) is 0 Å². The lowest BCUT2D eigenvalue weighted by molar-refractivity contribution is 0.0315. The monoisotopic (exact) mass is 801 g/mol. The van der Waals surface area contributed by atoms with Gasteiger partial charge in [0.25, 0.3) is 23.6 Å². The number of hydrogen-bond acceptors (Lipinski definition) is 13. The Hall–Kier alpha value is -3.70. The number of rotatable bonds is 16. The molecular weight excluding hydrogens is 737 g/mol. The van der Waals surface area contributed by atoms with Crippen LogP contribution in [0.1, 0.15) is 73.5 Å². The fourth-order valence-electron chi connectivity index (χ4n) is 9.53. The number of piperidine rings is 1. The van der Waals surface area contributed by atoms with Gasteiger partial charge in [0.1, 0.15) is 0 Å². The molecule has 0 saturated carbocycles. The van der Waals surface area contributed by atoms with Crippen molar-refractivity contribution >= 4 is 45.8 Å². The molecule has 0 aliphatic carbocycles. The fraction of sp³-hybridized carbons (Fsp3) is 0.674. The highest BCUT2D eigenvalue weighted by atomic mass is 16.5. The number of benzene rings is 2. The van der Waals surface area contributed by atoms with E-state index in [1.54, 1.807) is 12.1 Å². The number of nitrogens with zero attached hydrogens (tertiary/aromatic N) is 8. The van der Waals surface area contributed by atoms with Crippen molar-refractivity contribution in [3.05, 3.63) is 34.4 Å². The first-order valence-corrected chi connectivity index (χ1v) is 22.0. The summed E-state index contributed by atoms with van der Waals surface area (Å²) in [6, 6.07) is 3.60. The average molecular weight is 801 g/mol. The molecule has 6 aliphatic rings. The maximum atomic E-state index is 14.7. The molecule has 6 heterocycles. The van der Waals surface area contributed by atoms with E-state index in [0.717, 1.165) is 117 Å². The average Bonchev–Trinajstić information content (AvgIpc) is 3.24. The molecule has 4 saturated heterocycles. The van der Waals surface area contributed by atoms with E-state index in [2.05, 4.69) is 54.1 Å². The minimum atomic E-state index is -0.386. The Kier molecular flexibility index (Phi) is 13.2. The Morgan fingerprint density at radius 2 is 0.897 bits per heavy atom. The summed E-state index contributed by atoms with van der Waals surface area (Å²) in [5, 5.41) is 7.98. The Labute approximate surface area is 343 Å². The zero-order valence-corrected chi connectivity index (χ0v) is 34.9. The summed E-state index contributed by atoms with van der Waals surface area (Å²) < 4.78 is 5.55. The summed E-state index contributed by atoms with van der Waals surface area (Å²) >= 11 is 0. The summed E-state index contributed by atoms with van der Waals surface area (Å²) in [4.78, 5) is 75.7.